The lowest BCUT2D eigenvalue weighted by molar-refractivity contribution is 0.960. The summed E-state index contributed by atoms with van der Waals surface area (Å²) < 4.78 is 0. The lowest BCUT2D eigenvalue weighted by atomic mass is 10.1. The SMILES string of the molecule is Cc1ccc(Nc2nnc(C)c(C)c2C#N)cc1. The topological polar surface area (TPSA) is 61.6 Å². The molecule has 0 saturated carbocycles. The van der Waals surface area contributed by atoms with E-state index in [1.165, 1.54) is 5.56 Å². The molecule has 1 aromatic heterocycles. The van der Waals surface area contributed by atoms with Gasteiger partial charge in [-0.2, -0.15) is 10.4 Å². The molecule has 2 aromatic rings. The van der Waals surface area contributed by atoms with E-state index < -0.39 is 0 Å². The zero-order valence-corrected chi connectivity index (χ0v) is 10.7. The lowest BCUT2D eigenvalue weighted by Gasteiger charge is -2.09. The number of aromatic nitrogens is 2. The van der Waals surface area contributed by atoms with E-state index in [2.05, 4.69) is 21.6 Å². The lowest BCUT2D eigenvalue weighted by Crippen LogP contribution is -2.03. The van der Waals surface area contributed by atoms with Crippen LogP contribution >= 0.6 is 0 Å². The Hall–Kier alpha value is -2.41. The van der Waals surface area contributed by atoms with Crippen molar-refractivity contribution in [3.8, 4) is 6.07 Å². The number of nitrogens with zero attached hydrogens (tertiary/aromatic N) is 3. The van der Waals surface area contributed by atoms with E-state index in [0.29, 0.717) is 11.4 Å². The molecule has 0 aliphatic heterocycles. The van der Waals surface area contributed by atoms with E-state index in [-0.39, 0.29) is 0 Å². The summed E-state index contributed by atoms with van der Waals surface area (Å²) in [5, 5.41) is 20.4. The van der Waals surface area contributed by atoms with Gasteiger partial charge in [-0.25, -0.2) is 0 Å². The minimum atomic E-state index is 0.504. The van der Waals surface area contributed by atoms with Gasteiger partial charge in [-0.05, 0) is 38.5 Å². The molecule has 0 atom stereocenters. The van der Waals surface area contributed by atoms with Crippen molar-refractivity contribution in [1.82, 2.24) is 10.2 Å². The maximum absolute atomic E-state index is 9.19. The first-order chi connectivity index (χ1) is 8.61. The normalized spacial score (nSPS) is 9.89. The van der Waals surface area contributed by atoms with Crippen molar-refractivity contribution >= 4 is 11.5 Å². The molecule has 0 unspecified atom stereocenters. The van der Waals surface area contributed by atoms with Crippen molar-refractivity contribution in [2.75, 3.05) is 5.32 Å². The third-order valence-corrected chi connectivity index (χ3v) is 2.88. The molecular formula is C14H14N4. The van der Waals surface area contributed by atoms with Crippen LogP contribution in [0, 0.1) is 32.1 Å². The van der Waals surface area contributed by atoms with Crippen LogP contribution in [0.25, 0.3) is 0 Å². The summed E-state index contributed by atoms with van der Waals surface area (Å²) in [7, 11) is 0. The molecular weight excluding hydrogens is 224 g/mol. The molecule has 0 aliphatic rings. The number of hydrogen-bond acceptors (Lipinski definition) is 4. The third-order valence-electron chi connectivity index (χ3n) is 2.88. The van der Waals surface area contributed by atoms with Gasteiger partial charge in [0.25, 0.3) is 0 Å². The Labute approximate surface area is 106 Å². The zero-order valence-electron chi connectivity index (χ0n) is 10.7. The Morgan fingerprint density at radius 1 is 1.06 bits per heavy atom. The highest BCUT2D eigenvalue weighted by atomic mass is 15.2. The summed E-state index contributed by atoms with van der Waals surface area (Å²) in [5.74, 6) is 0.504. The molecule has 0 radical (unpaired) electrons. The molecule has 0 amide bonds. The number of rotatable bonds is 2. The van der Waals surface area contributed by atoms with Gasteiger partial charge in [0.05, 0.1) is 5.69 Å². The molecule has 1 aromatic carbocycles. The molecule has 90 valence electrons. The standard InChI is InChI=1S/C14H14N4/c1-9-4-6-12(7-5-9)16-14-13(8-15)10(2)11(3)17-18-14/h4-7H,1-3H3,(H,16,18). The maximum atomic E-state index is 9.19. The van der Waals surface area contributed by atoms with Gasteiger partial charge in [-0.3, -0.25) is 0 Å². The summed E-state index contributed by atoms with van der Waals surface area (Å²) in [6.45, 7) is 5.75. The molecule has 1 N–H and O–H groups in total. The van der Waals surface area contributed by atoms with Crippen LogP contribution < -0.4 is 5.32 Å². The van der Waals surface area contributed by atoms with Crippen LogP contribution in [0.4, 0.5) is 11.5 Å². The fourth-order valence-corrected chi connectivity index (χ4v) is 1.61. The van der Waals surface area contributed by atoms with Crippen molar-refractivity contribution in [3.63, 3.8) is 0 Å². The molecule has 0 fully saturated rings. The van der Waals surface area contributed by atoms with Crippen LogP contribution in [0.5, 0.6) is 0 Å². The number of benzene rings is 1. The van der Waals surface area contributed by atoms with Crippen LogP contribution in [0.15, 0.2) is 24.3 Å². The third kappa shape index (κ3) is 2.30. The Kier molecular flexibility index (Phi) is 3.24. The molecule has 2 rings (SSSR count). The summed E-state index contributed by atoms with van der Waals surface area (Å²) >= 11 is 0. The fourth-order valence-electron chi connectivity index (χ4n) is 1.61. The van der Waals surface area contributed by atoms with Crippen LogP contribution in [-0.2, 0) is 0 Å². The first kappa shape index (κ1) is 12.1. The average molecular weight is 238 g/mol. The Balaban J connectivity index is 2.38. The second-order valence-corrected chi connectivity index (χ2v) is 4.24. The van der Waals surface area contributed by atoms with E-state index in [1.807, 2.05) is 45.0 Å². The summed E-state index contributed by atoms with van der Waals surface area (Å²) in [6.07, 6.45) is 0. The van der Waals surface area contributed by atoms with E-state index >= 15 is 0 Å². The molecule has 1 heterocycles. The molecule has 4 heteroatoms. The van der Waals surface area contributed by atoms with Crippen molar-refractivity contribution in [1.29, 1.82) is 5.26 Å². The van der Waals surface area contributed by atoms with Crippen molar-refractivity contribution in [3.05, 3.63) is 46.6 Å². The first-order valence-corrected chi connectivity index (χ1v) is 5.69. The monoisotopic (exact) mass is 238 g/mol. The van der Waals surface area contributed by atoms with Gasteiger partial charge in [0.2, 0.25) is 0 Å². The van der Waals surface area contributed by atoms with Gasteiger partial charge in [0, 0.05) is 5.69 Å². The van der Waals surface area contributed by atoms with Crippen LogP contribution in [0.2, 0.25) is 0 Å². The van der Waals surface area contributed by atoms with Crippen LogP contribution in [-0.4, -0.2) is 10.2 Å². The molecule has 0 bridgehead atoms. The summed E-state index contributed by atoms with van der Waals surface area (Å²) in [5.41, 5.74) is 4.27. The van der Waals surface area contributed by atoms with E-state index in [4.69, 9.17) is 0 Å². The fraction of sp³-hybridized carbons (Fsp3) is 0.214. The second kappa shape index (κ2) is 4.84. The van der Waals surface area contributed by atoms with E-state index in [1.54, 1.807) is 0 Å². The predicted molar refractivity (Wildman–Crippen MR) is 70.7 cm³/mol. The second-order valence-electron chi connectivity index (χ2n) is 4.24. The summed E-state index contributed by atoms with van der Waals surface area (Å²) in [6, 6.07) is 10.1. The Morgan fingerprint density at radius 3 is 2.33 bits per heavy atom. The number of anilines is 2. The minimum Gasteiger partial charge on any atom is -0.338 e. The van der Waals surface area contributed by atoms with Crippen molar-refractivity contribution in [2.24, 2.45) is 0 Å². The van der Waals surface area contributed by atoms with Gasteiger partial charge < -0.3 is 5.32 Å². The van der Waals surface area contributed by atoms with E-state index in [9.17, 15) is 5.26 Å². The number of hydrogen-bond donors (Lipinski definition) is 1. The summed E-state index contributed by atoms with van der Waals surface area (Å²) in [4.78, 5) is 0. The van der Waals surface area contributed by atoms with Gasteiger partial charge >= 0.3 is 0 Å². The minimum absolute atomic E-state index is 0.504. The highest BCUT2D eigenvalue weighted by Crippen LogP contribution is 2.21. The number of aryl methyl sites for hydroxylation is 2. The molecule has 0 aliphatic carbocycles. The van der Waals surface area contributed by atoms with Gasteiger partial charge in [0.15, 0.2) is 5.82 Å². The zero-order chi connectivity index (χ0) is 13.1. The van der Waals surface area contributed by atoms with Gasteiger partial charge in [0.1, 0.15) is 11.6 Å². The van der Waals surface area contributed by atoms with Crippen molar-refractivity contribution in [2.45, 2.75) is 20.8 Å². The van der Waals surface area contributed by atoms with Gasteiger partial charge in [-0.15, -0.1) is 5.10 Å². The average Bonchev–Trinajstić information content (AvgIpc) is 2.37. The van der Waals surface area contributed by atoms with Gasteiger partial charge in [-0.1, -0.05) is 17.7 Å². The maximum Gasteiger partial charge on any atom is 0.171 e. The van der Waals surface area contributed by atoms with Crippen molar-refractivity contribution < 1.29 is 0 Å². The Bertz CT molecular complexity index is 609. The smallest absolute Gasteiger partial charge is 0.171 e. The number of nitriles is 1. The Morgan fingerprint density at radius 2 is 1.72 bits per heavy atom. The van der Waals surface area contributed by atoms with Crippen LogP contribution in [0.1, 0.15) is 22.4 Å². The molecule has 0 saturated heterocycles. The molecule has 18 heavy (non-hydrogen) atoms. The largest absolute Gasteiger partial charge is 0.338 e. The molecule has 4 nitrogen and oxygen atoms in total. The highest BCUT2D eigenvalue weighted by molar-refractivity contribution is 5.64. The van der Waals surface area contributed by atoms with Crippen LogP contribution in [0.3, 0.4) is 0 Å². The quantitative estimate of drug-likeness (QED) is 0.873. The highest BCUT2D eigenvalue weighted by Gasteiger charge is 2.10. The predicted octanol–water partition coefficient (Wildman–Crippen LogP) is 3.02. The number of nitrogens with one attached hydrogen (secondary N) is 1. The van der Waals surface area contributed by atoms with E-state index in [0.717, 1.165) is 16.9 Å². The first-order valence-electron chi connectivity index (χ1n) is 5.69. The molecule has 0 spiro atoms.